The molecule has 0 saturated heterocycles. The Kier molecular flexibility index (Phi) is 5.66. The zero-order chi connectivity index (χ0) is 23.3. The lowest BCUT2D eigenvalue weighted by Crippen LogP contribution is -2.39. The van der Waals surface area contributed by atoms with Crippen LogP contribution >= 0.6 is 0 Å². The summed E-state index contributed by atoms with van der Waals surface area (Å²) >= 11 is 0. The van der Waals surface area contributed by atoms with Gasteiger partial charge in [-0.25, -0.2) is 0 Å². The molecule has 0 amide bonds. The number of rotatable bonds is 5. The van der Waals surface area contributed by atoms with Crippen LogP contribution < -0.4 is 18.4 Å². The molecule has 174 valence electrons. The number of hydrogen-bond acceptors (Lipinski definition) is 7. The fraction of sp³-hybridized carbons (Fsp3) is 0.429. The number of methoxy groups -OCH3 is 3. The Balaban J connectivity index is 1.75. The first-order chi connectivity index (χ1) is 15.1. The molecule has 0 spiro atoms. The van der Waals surface area contributed by atoms with E-state index < -0.39 is 21.4 Å². The van der Waals surface area contributed by atoms with E-state index in [0.29, 0.717) is 43.0 Å². The maximum atomic E-state index is 12.9. The maximum absolute atomic E-state index is 12.9. The molecule has 7 nitrogen and oxygen atoms in total. The number of halogens is 3. The quantitative estimate of drug-likeness (QED) is 0.485. The summed E-state index contributed by atoms with van der Waals surface area (Å²) in [6, 6.07) is 6.50. The first kappa shape index (κ1) is 22.5. The Morgan fingerprint density at radius 2 is 1.69 bits per heavy atom. The molecule has 1 unspecified atom stereocenters. The molecule has 0 fully saturated rings. The van der Waals surface area contributed by atoms with Gasteiger partial charge in [-0.15, -0.1) is 0 Å². The Bertz CT molecular complexity index is 1150. The van der Waals surface area contributed by atoms with Gasteiger partial charge in [0.05, 0.1) is 21.3 Å². The van der Waals surface area contributed by atoms with E-state index in [2.05, 4.69) is 9.08 Å². The van der Waals surface area contributed by atoms with Crippen LogP contribution in [0.4, 0.5) is 13.2 Å². The van der Waals surface area contributed by atoms with Gasteiger partial charge in [-0.05, 0) is 47.7 Å². The second kappa shape index (κ2) is 8.04. The van der Waals surface area contributed by atoms with Gasteiger partial charge in [-0.1, -0.05) is 6.07 Å². The second-order valence-electron chi connectivity index (χ2n) is 7.56. The van der Waals surface area contributed by atoms with Gasteiger partial charge < -0.3 is 18.4 Å². The van der Waals surface area contributed by atoms with E-state index in [1.165, 1.54) is 13.2 Å². The van der Waals surface area contributed by atoms with Crippen molar-refractivity contribution in [2.24, 2.45) is 0 Å². The summed E-state index contributed by atoms with van der Waals surface area (Å²) in [6.45, 7) is 1.27. The molecule has 2 aromatic carbocycles. The SMILES string of the molecule is COc1cc2c(cc1OS(=O)(=O)C(F)(F)F)C1Cc3ccc(OC)c(OC)c3CN1CC2. The van der Waals surface area contributed by atoms with Gasteiger partial charge in [0.1, 0.15) is 0 Å². The summed E-state index contributed by atoms with van der Waals surface area (Å²) in [6.07, 6.45) is 1.19. The summed E-state index contributed by atoms with van der Waals surface area (Å²) < 4.78 is 82.3. The zero-order valence-electron chi connectivity index (χ0n) is 17.7. The molecule has 2 heterocycles. The molecule has 0 aromatic heterocycles. The molecule has 11 heteroatoms. The second-order valence-corrected chi connectivity index (χ2v) is 9.10. The summed E-state index contributed by atoms with van der Waals surface area (Å²) in [4.78, 5) is 2.18. The lowest BCUT2D eigenvalue weighted by Gasteiger charge is -2.42. The molecule has 0 bridgehead atoms. The molecular weight excluding hydrogens is 451 g/mol. The van der Waals surface area contributed by atoms with E-state index in [0.717, 1.165) is 16.7 Å². The highest BCUT2D eigenvalue weighted by atomic mass is 32.2. The molecule has 2 aromatic rings. The highest BCUT2D eigenvalue weighted by Gasteiger charge is 2.49. The number of ether oxygens (including phenoxy) is 3. The van der Waals surface area contributed by atoms with Crippen molar-refractivity contribution in [1.29, 1.82) is 0 Å². The van der Waals surface area contributed by atoms with Crippen LogP contribution in [0.2, 0.25) is 0 Å². The van der Waals surface area contributed by atoms with Crippen molar-refractivity contribution in [2.45, 2.75) is 30.9 Å². The lowest BCUT2D eigenvalue weighted by molar-refractivity contribution is -0.0500. The molecule has 0 radical (unpaired) electrons. The van der Waals surface area contributed by atoms with Crippen LogP contribution in [-0.4, -0.2) is 46.7 Å². The molecule has 0 aliphatic carbocycles. The molecule has 2 aliphatic rings. The van der Waals surface area contributed by atoms with Crippen LogP contribution in [0.15, 0.2) is 24.3 Å². The number of fused-ring (bicyclic) bond motifs is 4. The zero-order valence-corrected chi connectivity index (χ0v) is 18.5. The van der Waals surface area contributed by atoms with Crippen LogP contribution in [0, 0.1) is 0 Å². The van der Waals surface area contributed by atoms with Crippen molar-refractivity contribution in [3.63, 3.8) is 0 Å². The molecule has 0 saturated carbocycles. The van der Waals surface area contributed by atoms with Gasteiger partial charge in [0.25, 0.3) is 0 Å². The van der Waals surface area contributed by atoms with Gasteiger partial charge in [0, 0.05) is 24.7 Å². The van der Waals surface area contributed by atoms with E-state index in [4.69, 9.17) is 14.2 Å². The smallest absolute Gasteiger partial charge is 0.493 e. The van der Waals surface area contributed by atoms with Crippen LogP contribution in [-0.2, 0) is 29.5 Å². The summed E-state index contributed by atoms with van der Waals surface area (Å²) in [7, 11) is -1.44. The average Bonchev–Trinajstić information content (AvgIpc) is 2.75. The van der Waals surface area contributed by atoms with Gasteiger partial charge in [-0.2, -0.15) is 21.6 Å². The van der Waals surface area contributed by atoms with Crippen molar-refractivity contribution in [3.8, 4) is 23.0 Å². The maximum Gasteiger partial charge on any atom is 0.534 e. The van der Waals surface area contributed by atoms with Crippen molar-refractivity contribution in [3.05, 3.63) is 46.5 Å². The van der Waals surface area contributed by atoms with Crippen molar-refractivity contribution >= 4 is 10.1 Å². The third-order valence-corrected chi connectivity index (χ3v) is 6.86. The topological polar surface area (TPSA) is 74.3 Å². The summed E-state index contributed by atoms with van der Waals surface area (Å²) in [5, 5.41) is 0. The van der Waals surface area contributed by atoms with E-state index in [1.807, 2.05) is 12.1 Å². The fourth-order valence-corrected chi connectivity index (χ4v) is 4.85. The third kappa shape index (κ3) is 3.73. The predicted octanol–water partition coefficient (Wildman–Crippen LogP) is 3.60. The Morgan fingerprint density at radius 3 is 2.31 bits per heavy atom. The number of nitrogens with zero attached hydrogens (tertiary/aromatic N) is 1. The molecule has 1 atom stereocenters. The lowest BCUT2D eigenvalue weighted by atomic mass is 9.83. The van der Waals surface area contributed by atoms with Crippen molar-refractivity contribution < 1.29 is 40.0 Å². The Hall–Kier alpha value is -2.66. The van der Waals surface area contributed by atoms with Crippen LogP contribution in [0.25, 0.3) is 0 Å². The monoisotopic (exact) mass is 473 g/mol. The van der Waals surface area contributed by atoms with Gasteiger partial charge in [0.15, 0.2) is 23.0 Å². The van der Waals surface area contributed by atoms with Gasteiger partial charge in [-0.3, -0.25) is 4.90 Å². The predicted molar refractivity (Wildman–Crippen MR) is 109 cm³/mol. The minimum Gasteiger partial charge on any atom is -0.493 e. The largest absolute Gasteiger partial charge is 0.534 e. The van der Waals surface area contributed by atoms with Crippen LogP contribution in [0.5, 0.6) is 23.0 Å². The molecule has 0 N–H and O–H groups in total. The van der Waals surface area contributed by atoms with Crippen molar-refractivity contribution in [1.82, 2.24) is 4.90 Å². The Morgan fingerprint density at radius 1 is 0.969 bits per heavy atom. The molecular formula is C21H22F3NO6S. The summed E-state index contributed by atoms with van der Waals surface area (Å²) in [5.74, 6) is 0.736. The van der Waals surface area contributed by atoms with Gasteiger partial charge in [0.2, 0.25) is 0 Å². The number of benzene rings is 2. The first-order valence-electron chi connectivity index (χ1n) is 9.78. The number of alkyl halides is 3. The average molecular weight is 473 g/mol. The highest BCUT2D eigenvalue weighted by molar-refractivity contribution is 7.88. The minimum atomic E-state index is -5.83. The molecule has 32 heavy (non-hydrogen) atoms. The Labute approximate surface area is 183 Å². The molecule has 2 aliphatic heterocycles. The fourth-order valence-electron chi connectivity index (χ4n) is 4.39. The normalized spacial score (nSPS) is 18.2. The van der Waals surface area contributed by atoms with E-state index in [-0.39, 0.29) is 11.8 Å². The first-order valence-corrected chi connectivity index (χ1v) is 11.2. The van der Waals surface area contributed by atoms with Crippen molar-refractivity contribution in [2.75, 3.05) is 27.9 Å². The summed E-state index contributed by atoms with van der Waals surface area (Å²) in [5.41, 5.74) is -1.93. The standard InChI is InChI=1S/C21H22F3NO6S/c1-28-17-5-4-12-8-16-14-10-19(31-32(26,27)21(22,23)24)18(29-2)9-13(14)6-7-25(16)11-15(12)20(17)30-3/h4-5,9-10,16H,6-8,11H2,1-3H3. The van der Waals surface area contributed by atoms with E-state index >= 15 is 0 Å². The third-order valence-electron chi connectivity index (χ3n) is 5.90. The van der Waals surface area contributed by atoms with Crippen LogP contribution in [0.1, 0.15) is 28.3 Å². The molecule has 4 rings (SSSR count). The minimum absolute atomic E-state index is 0.0624. The number of hydrogen-bond donors (Lipinski definition) is 0. The highest BCUT2D eigenvalue weighted by Crippen LogP contribution is 2.46. The van der Waals surface area contributed by atoms with Gasteiger partial charge >= 0.3 is 15.6 Å². The van der Waals surface area contributed by atoms with Crippen LogP contribution in [0.3, 0.4) is 0 Å². The van der Waals surface area contributed by atoms with E-state index in [1.54, 1.807) is 20.3 Å². The van der Waals surface area contributed by atoms with E-state index in [9.17, 15) is 21.6 Å².